The van der Waals surface area contributed by atoms with Crippen molar-refractivity contribution >= 4 is 16.0 Å². The van der Waals surface area contributed by atoms with Crippen LogP contribution in [-0.4, -0.2) is 34.3 Å². The SMILES string of the molecule is Cc1nn(C)cc1CNS(=O)(=O)c1c[nH]c(C(=O)O)c1. The van der Waals surface area contributed by atoms with Crippen molar-refractivity contribution < 1.29 is 18.3 Å². The third kappa shape index (κ3) is 2.89. The zero-order valence-electron chi connectivity index (χ0n) is 10.9. The van der Waals surface area contributed by atoms with E-state index in [0.717, 1.165) is 23.5 Å². The number of hydrogen-bond donors (Lipinski definition) is 3. The van der Waals surface area contributed by atoms with Crippen molar-refractivity contribution in [3.63, 3.8) is 0 Å². The standard InChI is InChI=1S/C11H14N4O4S/c1-7-8(6-15(2)14-7)4-13-20(18,19)9-3-10(11(16)17)12-5-9/h3,5-6,12-13H,4H2,1-2H3,(H,16,17). The molecule has 0 aliphatic rings. The molecule has 0 fully saturated rings. The number of aromatic nitrogens is 3. The Bertz CT molecular complexity index is 744. The number of hydrogen-bond acceptors (Lipinski definition) is 4. The van der Waals surface area contributed by atoms with E-state index in [9.17, 15) is 13.2 Å². The summed E-state index contributed by atoms with van der Waals surface area (Å²) in [6.45, 7) is 1.87. The lowest BCUT2D eigenvalue weighted by molar-refractivity contribution is 0.0691. The molecule has 0 saturated heterocycles. The van der Waals surface area contributed by atoms with Gasteiger partial charge in [-0.3, -0.25) is 4.68 Å². The number of aromatic carboxylic acids is 1. The summed E-state index contributed by atoms with van der Waals surface area (Å²) in [5.74, 6) is -1.21. The first-order chi connectivity index (χ1) is 9.29. The number of carboxylic acids is 1. The Morgan fingerprint density at radius 3 is 2.75 bits per heavy atom. The number of rotatable bonds is 5. The van der Waals surface area contributed by atoms with E-state index in [0.29, 0.717) is 0 Å². The average molecular weight is 298 g/mol. The molecule has 3 N–H and O–H groups in total. The molecule has 0 aliphatic heterocycles. The van der Waals surface area contributed by atoms with Gasteiger partial charge in [-0.1, -0.05) is 0 Å². The van der Waals surface area contributed by atoms with Crippen LogP contribution in [0.25, 0.3) is 0 Å². The Kier molecular flexibility index (Phi) is 3.64. The van der Waals surface area contributed by atoms with E-state index in [4.69, 9.17) is 5.11 Å². The Morgan fingerprint density at radius 1 is 1.55 bits per heavy atom. The Labute approximate surface area is 115 Å². The lowest BCUT2D eigenvalue weighted by atomic mass is 10.3. The zero-order chi connectivity index (χ0) is 14.9. The highest BCUT2D eigenvalue weighted by Crippen LogP contribution is 2.12. The predicted molar refractivity (Wildman–Crippen MR) is 69.7 cm³/mol. The summed E-state index contributed by atoms with van der Waals surface area (Å²) >= 11 is 0. The first-order valence-corrected chi connectivity index (χ1v) is 7.18. The van der Waals surface area contributed by atoms with Crippen molar-refractivity contribution in [3.8, 4) is 0 Å². The second kappa shape index (κ2) is 5.10. The minimum atomic E-state index is -3.76. The summed E-state index contributed by atoms with van der Waals surface area (Å²) in [7, 11) is -2.01. The lowest BCUT2D eigenvalue weighted by Gasteiger charge is -2.03. The van der Waals surface area contributed by atoms with Crippen LogP contribution in [0, 0.1) is 6.92 Å². The summed E-state index contributed by atoms with van der Waals surface area (Å²) < 4.78 is 28.0. The van der Waals surface area contributed by atoms with Gasteiger partial charge in [-0.25, -0.2) is 17.9 Å². The molecular formula is C11H14N4O4S. The van der Waals surface area contributed by atoms with Crippen LogP contribution < -0.4 is 4.72 Å². The van der Waals surface area contributed by atoms with Crippen LogP contribution in [0.1, 0.15) is 21.7 Å². The molecule has 108 valence electrons. The molecule has 0 aromatic carbocycles. The zero-order valence-corrected chi connectivity index (χ0v) is 11.7. The van der Waals surface area contributed by atoms with Crippen molar-refractivity contribution in [1.29, 1.82) is 0 Å². The van der Waals surface area contributed by atoms with Gasteiger partial charge in [0.15, 0.2) is 0 Å². The fourth-order valence-corrected chi connectivity index (χ4v) is 2.73. The molecule has 9 heteroatoms. The van der Waals surface area contributed by atoms with Gasteiger partial charge in [-0.15, -0.1) is 0 Å². The van der Waals surface area contributed by atoms with Crippen LogP contribution >= 0.6 is 0 Å². The van der Waals surface area contributed by atoms with Crippen LogP contribution in [0.5, 0.6) is 0 Å². The highest BCUT2D eigenvalue weighted by molar-refractivity contribution is 7.89. The van der Waals surface area contributed by atoms with Gasteiger partial charge in [0.25, 0.3) is 0 Å². The summed E-state index contributed by atoms with van der Waals surface area (Å²) in [5.41, 5.74) is 1.31. The van der Waals surface area contributed by atoms with Gasteiger partial charge in [-0.05, 0) is 13.0 Å². The number of aromatic amines is 1. The van der Waals surface area contributed by atoms with Gasteiger partial charge in [0.2, 0.25) is 10.0 Å². The van der Waals surface area contributed by atoms with Gasteiger partial charge < -0.3 is 10.1 Å². The first-order valence-electron chi connectivity index (χ1n) is 5.70. The Balaban J connectivity index is 2.14. The average Bonchev–Trinajstić information content (AvgIpc) is 2.94. The summed E-state index contributed by atoms with van der Waals surface area (Å²) in [5, 5.41) is 12.9. The largest absolute Gasteiger partial charge is 0.477 e. The maximum absolute atomic E-state index is 12.0. The third-order valence-electron chi connectivity index (χ3n) is 2.77. The van der Waals surface area contributed by atoms with Crippen molar-refractivity contribution in [1.82, 2.24) is 19.5 Å². The number of aryl methyl sites for hydroxylation is 2. The molecule has 0 saturated carbocycles. The molecule has 8 nitrogen and oxygen atoms in total. The minimum absolute atomic E-state index is 0.0928. The molecule has 2 aromatic rings. The molecule has 0 bridgehead atoms. The smallest absolute Gasteiger partial charge is 0.352 e. The lowest BCUT2D eigenvalue weighted by Crippen LogP contribution is -2.23. The Hall–Kier alpha value is -2.13. The van der Waals surface area contributed by atoms with Gasteiger partial charge in [-0.2, -0.15) is 5.10 Å². The molecule has 0 aliphatic carbocycles. The van der Waals surface area contributed by atoms with Gasteiger partial charge in [0.05, 0.1) is 5.69 Å². The number of sulfonamides is 1. The van der Waals surface area contributed by atoms with Crippen LogP contribution in [0.15, 0.2) is 23.4 Å². The fraction of sp³-hybridized carbons (Fsp3) is 0.273. The monoisotopic (exact) mass is 298 g/mol. The van der Waals surface area contributed by atoms with E-state index in [-0.39, 0.29) is 17.1 Å². The quantitative estimate of drug-likeness (QED) is 0.730. The van der Waals surface area contributed by atoms with E-state index in [2.05, 4.69) is 14.8 Å². The van der Waals surface area contributed by atoms with E-state index >= 15 is 0 Å². The molecule has 0 radical (unpaired) electrons. The van der Waals surface area contributed by atoms with Crippen LogP contribution in [-0.2, 0) is 23.6 Å². The number of nitrogens with one attached hydrogen (secondary N) is 2. The van der Waals surface area contributed by atoms with Crippen molar-refractivity contribution in [3.05, 3.63) is 35.4 Å². The Morgan fingerprint density at radius 2 is 2.25 bits per heavy atom. The molecule has 0 atom stereocenters. The fourth-order valence-electron chi connectivity index (χ4n) is 1.73. The summed E-state index contributed by atoms with van der Waals surface area (Å²) in [4.78, 5) is 13.0. The number of carboxylic acid groups (broad SMARTS) is 1. The van der Waals surface area contributed by atoms with Crippen LogP contribution in [0.3, 0.4) is 0 Å². The molecule has 2 rings (SSSR count). The van der Waals surface area contributed by atoms with Crippen molar-refractivity contribution in [2.75, 3.05) is 0 Å². The third-order valence-corrected chi connectivity index (χ3v) is 4.15. The molecule has 20 heavy (non-hydrogen) atoms. The summed E-state index contributed by atoms with van der Waals surface area (Å²) in [6.07, 6.45) is 2.86. The molecule has 2 heterocycles. The molecule has 0 spiro atoms. The van der Waals surface area contributed by atoms with E-state index in [1.54, 1.807) is 24.9 Å². The highest BCUT2D eigenvalue weighted by Gasteiger charge is 2.18. The topological polar surface area (TPSA) is 117 Å². The van der Waals surface area contributed by atoms with Crippen molar-refractivity contribution in [2.24, 2.45) is 7.05 Å². The molecule has 2 aromatic heterocycles. The number of H-pyrrole nitrogens is 1. The number of carbonyl (C=O) groups is 1. The van der Waals surface area contributed by atoms with Crippen LogP contribution in [0.4, 0.5) is 0 Å². The highest BCUT2D eigenvalue weighted by atomic mass is 32.2. The van der Waals surface area contributed by atoms with Crippen molar-refractivity contribution in [2.45, 2.75) is 18.4 Å². The van der Waals surface area contributed by atoms with Crippen LogP contribution in [0.2, 0.25) is 0 Å². The summed E-state index contributed by atoms with van der Waals surface area (Å²) in [6, 6.07) is 1.07. The normalized spacial score (nSPS) is 11.7. The second-order valence-corrected chi connectivity index (χ2v) is 6.06. The second-order valence-electron chi connectivity index (χ2n) is 4.29. The van der Waals surface area contributed by atoms with Gasteiger partial charge in [0, 0.05) is 31.5 Å². The predicted octanol–water partition coefficient (Wildman–Crippen LogP) is 0.233. The maximum Gasteiger partial charge on any atom is 0.352 e. The van der Waals surface area contributed by atoms with E-state index in [1.165, 1.54) is 0 Å². The van der Waals surface area contributed by atoms with E-state index < -0.39 is 16.0 Å². The molecule has 0 unspecified atom stereocenters. The maximum atomic E-state index is 12.0. The minimum Gasteiger partial charge on any atom is -0.477 e. The van der Waals surface area contributed by atoms with Gasteiger partial charge >= 0.3 is 5.97 Å². The first kappa shape index (κ1) is 14.3. The molecular weight excluding hydrogens is 284 g/mol. The van der Waals surface area contributed by atoms with E-state index in [1.807, 2.05) is 0 Å². The van der Waals surface area contributed by atoms with Gasteiger partial charge in [0.1, 0.15) is 10.6 Å². The number of nitrogens with zero attached hydrogens (tertiary/aromatic N) is 2. The molecule has 0 amide bonds.